The van der Waals surface area contributed by atoms with Crippen molar-refractivity contribution in [2.75, 3.05) is 0 Å². The maximum Gasteiger partial charge on any atom is 0.415 e. The maximum absolute atomic E-state index is 11.3. The van der Waals surface area contributed by atoms with E-state index < -0.39 is 29.7 Å². The van der Waals surface area contributed by atoms with Crippen LogP contribution in [0.2, 0.25) is 0 Å². The number of carbonyl (C=O) groups is 3. The lowest BCUT2D eigenvalue weighted by atomic mass is 10.2. The summed E-state index contributed by atoms with van der Waals surface area (Å²) in [6.45, 7) is 9.41. The molecule has 1 aliphatic rings. The molecule has 0 aliphatic carbocycles. The van der Waals surface area contributed by atoms with Crippen LogP contribution in [-0.4, -0.2) is 29.7 Å². The van der Waals surface area contributed by atoms with Gasteiger partial charge in [-0.15, -0.1) is 0 Å². The van der Waals surface area contributed by atoms with E-state index in [1.54, 1.807) is 20.8 Å². The zero-order valence-electron chi connectivity index (χ0n) is 11.5. The number of amides is 1. The average Bonchev–Trinajstić information content (AvgIpc) is 2.42. The summed E-state index contributed by atoms with van der Waals surface area (Å²) >= 11 is 0. The van der Waals surface area contributed by atoms with Gasteiger partial charge in [0.15, 0.2) is 0 Å². The molecule has 0 radical (unpaired) electrons. The van der Waals surface area contributed by atoms with Crippen molar-refractivity contribution in [2.45, 2.75) is 59.1 Å². The predicted octanol–water partition coefficient (Wildman–Crippen LogP) is 2.26. The maximum atomic E-state index is 11.3. The second kappa shape index (κ2) is 6.98. The quantitative estimate of drug-likeness (QED) is 0.610. The summed E-state index contributed by atoms with van der Waals surface area (Å²) in [4.78, 5) is 32.9. The van der Waals surface area contributed by atoms with Crippen LogP contribution in [0.3, 0.4) is 0 Å². The average molecular weight is 263 g/mol. The molecule has 6 nitrogen and oxygen atoms in total. The molecule has 0 aromatic heterocycles. The lowest BCUT2D eigenvalue weighted by molar-refractivity contribution is -0.157. The molecule has 1 heterocycles. The van der Waals surface area contributed by atoms with E-state index in [-0.39, 0.29) is 9.27 Å². The first-order valence-corrected chi connectivity index (χ1v) is 5.93. The Morgan fingerprint density at radius 3 is 2.22 bits per heavy atom. The Morgan fingerprint density at radius 1 is 1.39 bits per heavy atom. The van der Waals surface area contributed by atoms with Gasteiger partial charge in [-0.05, 0) is 20.8 Å². The molecule has 1 atom stereocenters. The second-order valence-corrected chi connectivity index (χ2v) is 4.90. The van der Waals surface area contributed by atoms with Gasteiger partial charge < -0.3 is 14.8 Å². The Labute approximate surface area is 110 Å². The second-order valence-electron chi connectivity index (χ2n) is 4.90. The lowest BCUT2D eigenvalue weighted by Gasteiger charge is -2.19. The van der Waals surface area contributed by atoms with E-state index in [0.717, 1.165) is 0 Å². The molecule has 1 aliphatic heterocycles. The van der Waals surface area contributed by atoms with Crippen molar-refractivity contribution in [1.29, 1.82) is 0 Å². The third-order valence-corrected chi connectivity index (χ3v) is 1.56. The topological polar surface area (TPSA) is 81.7 Å². The van der Waals surface area contributed by atoms with E-state index in [1.807, 2.05) is 0 Å². The summed E-state index contributed by atoms with van der Waals surface area (Å²) < 4.78 is 9.19. The summed E-state index contributed by atoms with van der Waals surface area (Å²) in [5.74, 6) is -1.29. The third kappa shape index (κ3) is 6.88. The van der Waals surface area contributed by atoms with E-state index >= 15 is 0 Å². The minimum Gasteiger partial charge on any atom is -0.460 e. The molecule has 6 heteroatoms. The molecule has 0 spiro atoms. The number of hydrogen-bond acceptors (Lipinski definition) is 5. The molecule has 108 valence electrons. The highest BCUT2D eigenvalue weighted by Gasteiger charge is 2.35. The smallest absolute Gasteiger partial charge is 0.415 e. The number of alkyl carbamates (subject to hydrolysis) is 1. The van der Waals surface area contributed by atoms with E-state index in [2.05, 4.69) is 23.9 Å². The monoisotopic (exact) mass is 263 g/mol. The van der Waals surface area contributed by atoms with E-state index in [9.17, 15) is 14.4 Å². The number of rotatable bonds is 2. The zero-order valence-corrected chi connectivity index (χ0v) is 11.5. The van der Waals surface area contributed by atoms with Crippen molar-refractivity contribution in [1.82, 2.24) is 5.32 Å². The van der Waals surface area contributed by atoms with E-state index in [0.29, 0.717) is 0 Å². The first kappa shape index (κ1) is 16.4. The number of cyclic esters (lactones) is 2. The van der Waals surface area contributed by atoms with Crippen LogP contribution in [-0.2, 0) is 19.1 Å². The fraction of sp³-hybridized carbons (Fsp3) is 0.750. The first-order valence-electron chi connectivity index (χ1n) is 5.93. The molecule has 18 heavy (non-hydrogen) atoms. The Balaban J connectivity index is -0.000000530. The van der Waals surface area contributed by atoms with Crippen LogP contribution in [0, 0.1) is 0 Å². The van der Waals surface area contributed by atoms with Crippen molar-refractivity contribution in [3.63, 3.8) is 0 Å². The number of esters is 2. The molecule has 0 unspecified atom stereocenters. The van der Waals surface area contributed by atoms with Gasteiger partial charge in [-0.2, -0.15) is 0 Å². The van der Waals surface area contributed by atoms with Crippen LogP contribution >= 0.6 is 0 Å². The normalized spacial score (nSPS) is 18.4. The van der Waals surface area contributed by atoms with Gasteiger partial charge in [0.25, 0.3) is 0 Å². The molecule has 1 N–H and O–H groups in total. The molecule has 0 aromatic carbocycles. The van der Waals surface area contributed by atoms with Crippen molar-refractivity contribution >= 4 is 18.0 Å². The van der Waals surface area contributed by atoms with Gasteiger partial charge >= 0.3 is 18.0 Å². The number of ether oxygens (including phenoxy) is 2. The standard InChI is InChI=1S/C9H13NO5.C3H8.2H2/c1-9(2,3)15-6(11)4-5-7(12)14-8(13)10-5;1-3-2;;/h5H,4H2,1-3H3,(H,10,13);3H2,1-2H3;2*1H/t5-;;;/m0.../s1. The molecule has 1 fully saturated rings. The van der Waals surface area contributed by atoms with Crippen molar-refractivity contribution < 1.29 is 26.7 Å². The lowest BCUT2D eigenvalue weighted by Crippen LogP contribution is -2.34. The summed E-state index contributed by atoms with van der Waals surface area (Å²) in [6, 6.07) is -0.924. The Bertz CT molecular complexity index is 328. The minimum atomic E-state index is -0.924. The van der Waals surface area contributed by atoms with Crippen molar-refractivity contribution in [3.05, 3.63) is 0 Å². The highest BCUT2D eigenvalue weighted by atomic mass is 16.6. The zero-order chi connectivity index (χ0) is 14.3. The Kier molecular flexibility index (Phi) is 6.36. The van der Waals surface area contributed by atoms with Gasteiger partial charge in [0.2, 0.25) is 0 Å². The molecule has 1 rings (SSSR count). The molecule has 0 saturated carbocycles. The SMILES string of the molecule is CC(C)(C)OC(=O)C[C@@H]1NC(=O)OC1=O.CCC.[HH].[HH]. The van der Waals surface area contributed by atoms with Gasteiger partial charge in [-0.3, -0.25) is 4.79 Å². The largest absolute Gasteiger partial charge is 0.460 e. The fourth-order valence-electron chi connectivity index (χ4n) is 1.08. The van der Waals surface area contributed by atoms with Gasteiger partial charge in [0.1, 0.15) is 11.6 Å². The summed E-state index contributed by atoms with van der Waals surface area (Å²) in [5.41, 5.74) is -0.608. The van der Waals surface area contributed by atoms with Crippen molar-refractivity contribution in [2.24, 2.45) is 0 Å². The molecule has 0 aromatic rings. The number of nitrogens with one attached hydrogen (secondary N) is 1. The summed E-state index contributed by atoms with van der Waals surface area (Å²) in [7, 11) is 0. The molecular formula is C12H25NO5. The van der Waals surface area contributed by atoms with Crippen LogP contribution < -0.4 is 5.32 Å². The third-order valence-electron chi connectivity index (χ3n) is 1.56. The molecular weight excluding hydrogens is 238 g/mol. The Hall–Kier alpha value is -1.59. The molecule has 1 amide bonds. The predicted molar refractivity (Wildman–Crippen MR) is 69.1 cm³/mol. The van der Waals surface area contributed by atoms with Crippen molar-refractivity contribution in [3.8, 4) is 0 Å². The van der Waals surface area contributed by atoms with E-state index in [1.165, 1.54) is 6.42 Å². The first-order chi connectivity index (χ1) is 8.19. The highest BCUT2D eigenvalue weighted by Crippen LogP contribution is 2.11. The minimum absolute atomic E-state index is 0. The Morgan fingerprint density at radius 2 is 1.89 bits per heavy atom. The fourth-order valence-corrected chi connectivity index (χ4v) is 1.08. The summed E-state index contributed by atoms with van der Waals surface area (Å²) in [6.07, 6.45) is 0.218. The van der Waals surface area contributed by atoms with Crippen LogP contribution in [0.25, 0.3) is 0 Å². The van der Waals surface area contributed by atoms with Gasteiger partial charge in [-0.25, -0.2) is 9.59 Å². The van der Waals surface area contributed by atoms with Crippen LogP contribution in [0.5, 0.6) is 0 Å². The molecule has 0 bridgehead atoms. The van der Waals surface area contributed by atoms with Gasteiger partial charge in [-0.1, -0.05) is 20.3 Å². The van der Waals surface area contributed by atoms with Crippen LogP contribution in [0.1, 0.15) is 50.3 Å². The number of carbonyl (C=O) groups excluding carboxylic acids is 3. The van der Waals surface area contributed by atoms with Crippen LogP contribution in [0.4, 0.5) is 4.79 Å². The van der Waals surface area contributed by atoms with E-state index in [4.69, 9.17) is 4.74 Å². The number of hydrogen-bond donors (Lipinski definition) is 1. The highest BCUT2D eigenvalue weighted by molar-refractivity contribution is 5.97. The van der Waals surface area contributed by atoms with Gasteiger partial charge in [0, 0.05) is 2.85 Å². The molecule has 1 saturated heterocycles. The van der Waals surface area contributed by atoms with Gasteiger partial charge in [0.05, 0.1) is 6.42 Å². The van der Waals surface area contributed by atoms with Crippen LogP contribution in [0.15, 0.2) is 0 Å². The summed E-state index contributed by atoms with van der Waals surface area (Å²) in [5, 5.41) is 2.21.